The van der Waals surface area contributed by atoms with Crippen LogP contribution in [-0.2, 0) is 4.79 Å². The van der Waals surface area contributed by atoms with E-state index in [2.05, 4.69) is 16.0 Å². The molecule has 0 atom stereocenters. The predicted molar refractivity (Wildman–Crippen MR) is 97.2 cm³/mol. The average molecular weight is 355 g/mol. The van der Waals surface area contributed by atoms with Crippen LogP contribution in [-0.4, -0.2) is 17.5 Å². The van der Waals surface area contributed by atoms with Gasteiger partial charge in [0.25, 0.3) is 11.8 Å². The van der Waals surface area contributed by atoms with Crippen LogP contribution in [0, 0.1) is 0 Å². The van der Waals surface area contributed by atoms with Crippen molar-refractivity contribution in [2.75, 3.05) is 5.01 Å². The first kappa shape index (κ1) is 16.7. The van der Waals surface area contributed by atoms with Gasteiger partial charge in [-0.3, -0.25) is 15.0 Å². The number of anilines is 1. The van der Waals surface area contributed by atoms with E-state index in [1.54, 1.807) is 55.5 Å². The Morgan fingerprint density at radius 1 is 1.16 bits per heavy atom. The Labute approximate surface area is 149 Å². The van der Waals surface area contributed by atoms with Crippen molar-refractivity contribution in [1.82, 2.24) is 10.9 Å². The van der Waals surface area contributed by atoms with Gasteiger partial charge in [-0.05, 0) is 37.3 Å². The molecule has 1 aliphatic rings. The minimum Gasteiger partial charge on any atom is -0.305 e. The summed E-state index contributed by atoms with van der Waals surface area (Å²) in [5, 5.41) is 6.03. The predicted octanol–water partition coefficient (Wildman–Crippen LogP) is 2.88. The molecule has 2 aromatic rings. The summed E-state index contributed by atoms with van der Waals surface area (Å²) in [5.74, 6) is -0.606. The van der Waals surface area contributed by atoms with E-state index in [-0.39, 0.29) is 11.8 Å². The molecular weight excluding hydrogens is 340 g/mol. The maximum atomic E-state index is 12.5. The molecule has 0 bridgehead atoms. The SMILES string of the molecule is CC1=NN(c2cccc(Cl)c2)C(=O)/C1=C\NNC(=O)c1ccccc1. The number of nitrogens with one attached hydrogen (secondary N) is 2. The first-order valence-corrected chi connectivity index (χ1v) is 7.91. The second-order valence-corrected chi connectivity index (χ2v) is 5.74. The van der Waals surface area contributed by atoms with Crippen molar-refractivity contribution >= 4 is 34.8 Å². The lowest BCUT2D eigenvalue weighted by molar-refractivity contribution is -0.114. The summed E-state index contributed by atoms with van der Waals surface area (Å²) in [6.07, 6.45) is 1.42. The molecule has 7 heteroatoms. The number of hydrogen-bond acceptors (Lipinski definition) is 4. The average Bonchev–Trinajstić information content (AvgIpc) is 2.90. The third-order valence-electron chi connectivity index (χ3n) is 3.55. The van der Waals surface area contributed by atoms with Gasteiger partial charge in [0.15, 0.2) is 0 Å². The van der Waals surface area contributed by atoms with Gasteiger partial charge in [-0.15, -0.1) is 0 Å². The molecule has 0 aliphatic carbocycles. The lowest BCUT2D eigenvalue weighted by atomic mass is 10.2. The van der Waals surface area contributed by atoms with Gasteiger partial charge < -0.3 is 5.43 Å². The third kappa shape index (κ3) is 3.70. The molecule has 0 aromatic heterocycles. The number of halogens is 1. The number of nitrogens with zero attached hydrogens (tertiary/aromatic N) is 2. The van der Waals surface area contributed by atoms with Gasteiger partial charge in [-0.25, -0.2) is 0 Å². The highest BCUT2D eigenvalue weighted by atomic mass is 35.5. The van der Waals surface area contributed by atoms with Crippen molar-refractivity contribution in [3.8, 4) is 0 Å². The van der Waals surface area contributed by atoms with Crippen LogP contribution >= 0.6 is 11.6 Å². The number of carbonyl (C=O) groups is 2. The van der Waals surface area contributed by atoms with E-state index >= 15 is 0 Å². The molecule has 0 radical (unpaired) electrons. The first-order valence-electron chi connectivity index (χ1n) is 7.53. The molecule has 126 valence electrons. The summed E-state index contributed by atoms with van der Waals surface area (Å²) in [6, 6.07) is 15.6. The van der Waals surface area contributed by atoms with Crippen LogP contribution in [0.4, 0.5) is 5.69 Å². The fraction of sp³-hybridized carbons (Fsp3) is 0.0556. The van der Waals surface area contributed by atoms with Crippen molar-refractivity contribution in [2.45, 2.75) is 6.92 Å². The number of rotatable bonds is 4. The van der Waals surface area contributed by atoms with Crippen LogP contribution in [0.15, 0.2) is 71.5 Å². The van der Waals surface area contributed by atoms with E-state index in [0.717, 1.165) is 0 Å². The zero-order valence-electron chi connectivity index (χ0n) is 13.4. The summed E-state index contributed by atoms with van der Waals surface area (Å²) in [7, 11) is 0. The lowest BCUT2D eigenvalue weighted by Gasteiger charge is -2.11. The van der Waals surface area contributed by atoms with Crippen LogP contribution in [0.1, 0.15) is 17.3 Å². The minimum absolute atomic E-state index is 0.302. The van der Waals surface area contributed by atoms with Crippen LogP contribution in [0.3, 0.4) is 0 Å². The molecule has 0 saturated carbocycles. The fourth-order valence-electron chi connectivity index (χ4n) is 2.30. The molecule has 2 aromatic carbocycles. The highest BCUT2D eigenvalue weighted by molar-refractivity contribution is 6.32. The third-order valence-corrected chi connectivity index (χ3v) is 3.79. The molecule has 1 heterocycles. The summed E-state index contributed by atoms with van der Waals surface area (Å²) >= 11 is 5.96. The second kappa shape index (κ2) is 7.19. The normalized spacial score (nSPS) is 15.3. The smallest absolute Gasteiger partial charge is 0.282 e. The monoisotopic (exact) mass is 354 g/mol. The van der Waals surface area contributed by atoms with E-state index in [9.17, 15) is 9.59 Å². The van der Waals surface area contributed by atoms with Crippen LogP contribution in [0.2, 0.25) is 5.02 Å². The second-order valence-electron chi connectivity index (χ2n) is 5.30. The largest absolute Gasteiger partial charge is 0.305 e. The van der Waals surface area contributed by atoms with Gasteiger partial charge >= 0.3 is 0 Å². The maximum absolute atomic E-state index is 12.5. The van der Waals surface area contributed by atoms with Gasteiger partial charge in [-0.2, -0.15) is 10.1 Å². The summed E-state index contributed by atoms with van der Waals surface area (Å²) in [6.45, 7) is 1.72. The molecule has 3 rings (SSSR count). The van der Waals surface area contributed by atoms with Crippen molar-refractivity contribution < 1.29 is 9.59 Å². The van der Waals surface area contributed by atoms with E-state index in [0.29, 0.717) is 27.6 Å². The highest BCUT2D eigenvalue weighted by Crippen LogP contribution is 2.25. The van der Waals surface area contributed by atoms with Crippen LogP contribution in [0.5, 0.6) is 0 Å². The van der Waals surface area contributed by atoms with Gasteiger partial charge in [0.1, 0.15) is 0 Å². The molecule has 0 fully saturated rings. The number of benzene rings is 2. The van der Waals surface area contributed by atoms with Gasteiger partial charge in [0.2, 0.25) is 0 Å². The Bertz CT molecular complexity index is 878. The van der Waals surface area contributed by atoms with Crippen molar-refractivity contribution in [1.29, 1.82) is 0 Å². The number of hydrazone groups is 1. The lowest BCUT2D eigenvalue weighted by Crippen LogP contribution is -2.34. The highest BCUT2D eigenvalue weighted by Gasteiger charge is 2.28. The molecular formula is C18H15ClN4O2. The van der Waals surface area contributed by atoms with E-state index < -0.39 is 0 Å². The topological polar surface area (TPSA) is 73.8 Å². The van der Waals surface area contributed by atoms with Crippen LogP contribution < -0.4 is 15.9 Å². The quantitative estimate of drug-likeness (QED) is 0.655. The van der Waals surface area contributed by atoms with Crippen LogP contribution in [0.25, 0.3) is 0 Å². The minimum atomic E-state index is -0.304. The molecule has 6 nitrogen and oxygen atoms in total. The molecule has 25 heavy (non-hydrogen) atoms. The first-order chi connectivity index (χ1) is 12.1. The molecule has 2 amide bonds. The molecule has 0 unspecified atom stereocenters. The number of hydrogen-bond donors (Lipinski definition) is 2. The number of amides is 2. The van der Waals surface area contributed by atoms with E-state index in [1.165, 1.54) is 11.2 Å². The van der Waals surface area contributed by atoms with Crippen molar-refractivity contribution in [2.24, 2.45) is 5.10 Å². The Hall–Kier alpha value is -3.12. The maximum Gasteiger partial charge on any atom is 0.282 e. The summed E-state index contributed by atoms with van der Waals surface area (Å²) < 4.78 is 0. The Morgan fingerprint density at radius 2 is 1.92 bits per heavy atom. The van der Waals surface area contributed by atoms with E-state index in [1.807, 2.05) is 6.07 Å². The van der Waals surface area contributed by atoms with Gasteiger partial charge in [0, 0.05) is 16.8 Å². The molecule has 0 saturated heterocycles. The Balaban J connectivity index is 1.69. The van der Waals surface area contributed by atoms with Gasteiger partial charge in [0.05, 0.1) is 17.0 Å². The summed E-state index contributed by atoms with van der Waals surface area (Å²) in [4.78, 5) is 24.5. The molecule has 2 N–H and O–H groups in total. The number of carbonyl (C=O) groups excluding carboxylic acids is 2. The number of hydrazine groups is 1. The van der Waals surface area contributed by atoms with E-state index in [4.69, 9.17) is 11.6 Å². The Kier molecular flexibility index (Phi) is 4.81. The fourth-order valence-corrected chi connectivity index (χ4v) is 2.49. The van der Waals surface area contributed by atoms with Gasteiger partial charge in [-0.1, -0.05) is 35.9 Å². The van der Waals surface area contributed by atoms with Crippen molar-refractivity contribution in [3.05, 3.63) is 77.0 Å². The molecule has 1 aliphatic heterocycles. The van der Waals surface area contributed by atoms with Crippen molar-refractivity contribution in [3.63, 3.8) is 0 Å². The zero-order chi connectivity index (χ0) is 17.8. The molecule has 0 spiro atoms. The summed E-state index contributed by atoms with van der Waals surface area (Å²) in [5.41, 5.74) is 7.15. The zero-order valence-corrected chi connectivity index (χ0v) is 14.1. The Morgan fingerprint density at radius 3 is 2.64 bits per heavy atom. The standard InChI is InChI=1S/C18H15ClN4O2/c1-12-16(11-20-21-17(24)13-6-3-2-4-7-13)18(25)23(22-12)15-9-5-8-14(19)10-15/h2-11,20H,1H3,(H,21,24)/b16-11-.